The van der Waals surface area contributed by atoms with E-state index < -0.39 is 0 Å². The van der Waals surface area contributed by atoms with Crippen LogP contribution in [0.15, 0.2) is 0 Å². The Labute approximate surface area is 76.0 Å². The number of hydrogen-bond acceptors (Lipinski definition) is 1. The van der Waals surface area contributed by atoms with Gasteiger partial charge >= 0.3 is 0 Å². The number of alkyl halides is 1. The molecule has 3 atom stereocenters. The van der Waals surface area contributed by atoms with Crippen LogP contribution in [0.2, 0.25) is 0 Å². The molecule has 0 rings (SSSR count). The third-order valence-electron chi connectivity index (χ3n) is 1.67. The molecule has 0 N–H and O–H groups in total. The predicted molar refractivity (Wildman–Crippen MR) is 58.8 cm³/mol. The second kappa shape index (κ2) is 4.43. The summed E-state index contributed by atoms with van der Waals surface area (Å²) in [5.41, 5.74) is 0.329. The number of rotatable bonds is 3. The number of hydrogen-bond donors (Lipinski definition) is 0. The molecule has 0 saturated carbocycles. The van der Waals surface area contributed by atoms with Crippen LogP contribution in [0.4, 0.5) is 0 Å². The minimum absolute atomic E-state index is 0.329. The summed E-state index contributed by atoms with van der Waals surface area (Å²) in [5.74, 6) is 0. The molecule has 0 aliphatic rings. The predicted octanol–water partition coefficient (Wildman–Crippen LogP) is 2.47. The summed E-state index contributed by atoms with van der Waals surface area (Å²) >= 11 is 2.41. The first kappa shape index (κ1) is 10.6. The molecule has 0 fully saturated rings. The van der Waals surface area contributed by atoms with E-state index in [1.165, 1.54) is 6.42 Å². The molecule has 0 aromatic rings. The molecular formula is C5H14INP2. The molecule has 0 spiro atoms. The van der Waals surface area contributed by atoms with Crippen LogP contribution in [-0.2, 0) is 0 Å². The number of nitrogens with zero attached hydrogens (tertiary/aromatic N) is 1. The minimum atomic E-state index is 0.329. The Hall–Kier alpha value is 1.55. The molecule has 0 aliphatic carbocycles. The lowest BCUT2D eigenvalue weighted by Gasteiger charge is -2.32. The van der Waals surface area contributed by atoms with Crippen molar-refractivity contribution in [3.8, 4) is 0 Å². The Bertz CT molecular complexity index is 83.0. The van der Waals surface area contributed by atoms with Crippen LogP contribution in [0.1, 0.15) is 20.3 Å². The highest BCUT2D eigenvalue weighted by Gasteiger charge is 2.22. The van der Waals surface area contributed by atoms with Crippen LogP contribution in [0.3, 0.4) is 0 Å². The first-order chi connectivity index (χ1) is 4.06. The van der Waals surface area contributed by atoms with E-state index >= 15 is 0 Å². The Morgan fingerprint density at radius 2 is 2.00 bits per heavy atom. The molecule has 0 bridgehead atoms. The second-order valence-electron chi connectivity index (χ2n) is 2.39. The van der Waals surface area contributed by atoms with Gasteiger partial charge in [0.2, 0.25) is 0 Å². The maximum absolute atomic E-state index is 2.68. The van der Waals surface area contributed by atoms with Gasteiger partial charge in [-0.2, -0.15) is 0 Å². The molecule has 0 radical (unpaired) electrons. The molecule has 3 unspecified atom stereocenters. The van der Waals surface area contributed by atoms with Crippen LogP contribution in [0, 0.1) is 0 Å². The first-order valence-electron chi connectivity index (χ1n) is 2.92. The van der Waals surface area contributed by atoms with Crippen molar-refractivity contribution in [1.29, 1.82) is 0 Å². The van der Waals surface area contributed by atoms with Gasteiger partial charge in [0.05, 0.1) is 0 Å². The van der Waals surface area contributed by atoms with Gasteiger partial charge in [0, 0.05) is 9.97 Å². The van der Waals surface area contributed by atoms with Crippen LogP contribution in [0.25, 0.3) is 0 Å². The Morgan fingerprint density at radius 3 is 2.00 bits per heavy atom. The minimum Gasteiger partial charge on any atom is -0.265 e. The standard InChI is InChI=1S/C5H14INP2/c1-3-5(2,4-6)7(8)9/h3-4,8-9H2,1-2H3. The van der Waals surface area contributed by atoms with Crippen molar-refractivity contribution in [2.24, 2.45) is 0 Å². The largest absolute Gasteiger partial charge is 0.265 e. The van der Waals surface area contributed by atoms with Gasteiger partial charge in [0.1, 0.15) is 0 Å². The molecule has 9 heavy (non-hydrogen) atoms. The van der Waals surface area contributed by atoms with Crippen LogP contribution >= 0.6 is 41.4 Å². The molecule has 1 nitrogen and oxygen atoms in total. The molecule has 56 valence electrons. The molecule has 0 aliphatic heterocycles. The fourth-order valence-electron chi connectivity index (χ4n) is 0.346. The molecular weight excluding hydrogens is 263 g/mol. The third kappa shape index (κ3) is 2.96. The van der Waals surface area contributed by atoms with Crippen molar-refractivity contribution in [2.75, 3.05) is 4.43 Å². The summed E-state index contributed by atoms with van der Waals surface area (Å²) in [5, 5.41) is 0. The van der Waals surface area contributed by atoms with Gasteiger partial charge in [0.25, 0.3) is 0 Å². The molecule has 0 amide bonds. The number of halogens is 1. The van der Waals surface area contributed by atoms with E-state index in [4.69, 9.17) is 0 Å². The van der Waals surface area contributed by atoms with E-state index in [2.05, 4.69) is 59.7 Å². The van der Waals surface area contributed by atoms with Crippen molar-refractivity contribution in [2.45, 2.75) is 25.8 Å². The Morgan fingerprint density at radius 1 is 1.56 bits per heavy atom. The molecule has 0 saturated heterocycles. The summed E-state index contributed by atoms with van der Waals surface area (Å²) in [7, 11) is 5.37. The second-order valence-corrected chi connectivity index (χ2v) is 4.86. The maximum atomic E-state index is 2.68. The van der Waals surface area contributed by atoms with Crippen LogP contribution in [0.5, 0.6) is 0 Å². The monoisotopic (exact) mass is 277 g/mol. The topological polar surface area (TPSA) is 3.24 Å². The van der Waals surface area contributed by atoms with Crippen molar-refractivity contribution < 1.29 is 0 Å². The highest BCUT2D eigenvalue weighted by molar-refractivity contribution is 14.1. The van der Waals surface area contributed by atoms with Crippen molar-refractivity contribution in [3.63, 3.8) is 0 Å². The van der Waals surface area contributed by atoms with Gasteiger partial charge in [-0.3, -0.25) is 4.44 Å². The van der Waals surface area contributed by atoms with Gasteiger partial charge in [-0.25, -0.2) is 0 Å². The summed E-state index contributed by atoms with van der Waals surface area (Å²) in [6, 6.07) is 0. The van der Waals surface area contributed by atoms with Crippen molar-refractivity contribution in [1.82, 2.24) is 4.44 Å². The van der Waals surface area contributed by atoms with E-state index in [1.807, 2.05) is 0 Å². The highest BCUT2D eigenvalue weighted by atomic mass is 127. The smallest absolute Gasteiger partial charge is 0.0333 e. The zero-order chi connectivity index (χ0) is 7.49. The van der Waals surface area contributed by atoms with Crippen LogP contribution in [-0.4, -0.2) is 14.4 Å². The van der Waals surface area contributed by atoms with Crippen molar-refractivity contribution in [3.05, 3.63) is 0 Å². The van der Waals surface area contributed by atoms with Gasteiger partial charge in [-0.15, -0.1) is 0 Å². The molecule has 4 heteroatoms. The van der Waals surface area contributed by atoms with Gasteiger partial charge in [0.15, 0.2) is 0 Å². The fraction of sp³-hybridized carbons (Fsp3) is 1.00. The molecule has 0 aromatic heterocycles. The van der Waals surface area contributed by atoms with E-state index in [0.717, 1.165) is 4.43 Å². The Balaban J connectivity index is 3.92. The van der Waals surface area contributed by atoms with Crippen molar-refractivity contribution >= 4 is 41.4 Å². The van der Waals surface area contributed by atoms with E-state index in [1.54, 1.807) is 0 Å². The fourth-order valence-corrected chi connectivity index (χ4v) is 2.57. The van der Waals surface area contributed by atoms with E-state index in [-0.39, 0.29) is 0 Å². The van der Waals surface area contributed by atoms with E-state index in [9.17, 15) is 0 Å². The lowest BCUT2D eigenvalue weighted by molar-refractivity contribution is 0.371. The molecule has 0 aromatic carbocycles. The van der Waals surface area contributed by atoms with E-state index in [0.29, 0.717) is 5.54 Å². The highest BCUT2D eigenvalue weighted by Crippen LogP contribution is 2.28. The van der Waals surface area contributed by atoms with Gasteiger partial charge in [-0.05, 0) is 13.3 Å². The SMILES string of the molecule is CCC(C)(CI)N(P)P. The van der Waals surface area contributed by atoms with Crippen LogP contribution < -0.4 is 0 Å². The average molecular weight is 277 g/mol. The van der Waals surface area contributed by atoms with Gasteiger partial charge < -0.3 is 0 Å². The third-order valence-corrected chi connectivity index (χ3v) is 4.56. The zero-order valence-corrected chi connectivity index (χ0v) is 10.4. The summed E-state index contributed by atoms with van der Waals surface area (Å²) in [4.78, 5) is 0. The first-order valence-corrected chi connectivity index (χ1v) is 5.48. The quantitative estimate of drug-likeness (QED) is 0.435. The molecule has 0 heterocycles. The maximum Gasteiger partial charge on any atom is 0.0333 e. The average Bonchev–Trinajstić information content (AvgIpc) is 1.86. The lowest BCUT2D eigenvalue weighted by atomic mass is 10.0. The Kier molecular flexibility index (Phi) is 5.20. The zero-order valence-electron chi connectivity index (χ0n) is 5.89. The lowest BCUT2D eigenvalue weighted by Crippen LogP contribution is -2.34. The summed E-state index contributed by atoms with van der Waals surface area (Å²) in [6.07, 6.45) is 1.18. The summed E-state index contributed by atoms with van der Waals surface area (Å²) < 4.78 is 3.29. The summed E-state index contributed by atoms with van der Waals surface area (Å²) in [6.45, 7) is 4.46. The normalized spacial score (nSPS) is 18.0. The van der Waals surface area contributed by atoms with Gasteiger partial charge in [-0.1, -0.05) is 48.3 Å².